The number of rotatable bonds is 4. The maximum absolute atomic E-state index is 17.4. The van der Waals surface area contributed by atoms with E-state index >= 15 is 4.39 Å². The van der Waals surface area contributed by atoms with Crippen LogP contribution in [-0.4, -0.2) is 41.9 Å². The zero-order valence-electron chi connectivity index (χ0n) is 18.9. The maximum atomic E-state index is 17.4. The fraction of sp³-hybridized carbons (Fsp3) is 0.600. The number of Topliss-reactive ketones (excluding diaryl/α,β-unsaturated/α-hetero) is 1. The van der Waals surface area contributed by atoms with E-state index < -0.39 is 40.5 Å². The van der Waals surface area contributed by atoms with Gasteiger partial charge in [0.05, 0.1) is 0 Å². The lowest BCUT2D eigenvalue weighted by atomic mass is 9.45. The number of esters is 2. The summed E-state index contributed by atoms with van der Waals surface area (Å²) in [6, 6.07) is 0. The third-order valence-electron chi connectivity index (χ3n) is 8.21. The van der Waals surface area contributed by atoms with Crippen molar-refractivity contribution >= 4 is 23.5 Å². The molecule has 0 spiro atoms. The molecule has 32 heavy (non-hydrogen) atoms. The van der Waals surface area contributed by atoms with Crippen molar-refractivity contribution in [3.8, 4) is 0 Å². The highest BCUT2D eigenvalue weighted by molar-refractivity contribution is 6.01. The van der Waals surface area contributed by atoms with Crippen LogP contribution in [0.15, 0.2) is 35.5 Å². The van der Waals surface area contributed by atoms with Crippen LogP contribution in [0.1, 0.15) is 53.4 Å². The molecule has 0 unspecified atom stereocenters. The van der Waals surface area contributed by atoms with Crippen molar-refractivity contribution in [3.63, 3.8) is 0 Å². The molecule has 172 valence electrons. The molecule has 0 aromatic carbocycles. The zero-order valence-corrected chi connectivity index (χ0v) is 18.9. The van der Waals surface area contributed by atoms with Crippen molar-refractivity contribution in [1.82, 2.24) is 0 Å². The van der Waals surface area contributed by atoms with E-state index in [1.54, 1.807) is 13.0 Å². The fourth-order valence-corrected chi connectivity index (χ4v) is 6.75. The zero-order chi connectivity index (χ0) is 23.5. The summed E-state index contributed by atoms with van der Waals surface area (Å²) >= 11 is 0. The topological polar surface area (TPSA) is 86.7 Å². The molecule has 0 aliphatic heterocycles. The average molecular weight is 444 g/mol. The van der Waals surface area contributed by atoms with E-state index in [1.165, 1.54) is 26.0 Å². The first-order chi connectivity index (χ1) is 14.9. The molecule has 2 fully saturated rings. The van der Waals surface area contributed by atoms with Crippen molar-refractivity contribution in [3.05, 3.63) is 35.5 Å². The summed E-state index contributed by atoms with van der Waals surface area (Å²) in [6.07, 6.45) is 7.03. The Labute approximate surface area is 186 Å². The molecule has 2 saturated carbocycles. The van der Waals surface area contributed by atoms with Gasteiger partial charge in [0.15, 0.2) is 23.8 Å². The molecular formula is C25H29FO6. The van der Waals surface area contributed by atoms with E-state index in [0.29, 0.717) is 24.8 Å². The molecule has 7 heteroatoms. The van der Waals surface area contributed by atoms with Crippen molar-refractivity contribution in [2.75, 3.05) is 6.61 Å². The smallest absolute Gasteiger partial charge is 0.303 e. The largest absolute Gasteiger partial charge is 0.459 e. The summed E-state index contributed by atoms with van der Waals surface area (Å²) in [5.41, 5.74) is -2.45. The molecule has 0 saturated heterocycles. The SMILES string of the molecule is CC(=O)OCC(=O)C1=CC[C@H]2[C@H]3CCC4=CC(=O)C=C[C@]4(C)[C@@]3(F)[C@@H](OC(C)=O)C[C@]12C. The summed E-state index contributed by atoms with van der Waals surface area (Å²) in [4.78, 5) is 48.1. The molecule has 0 aromatic rings. The van der Waals surface area contributed by atoms with Gasteiger partial charge in [-0.2, -0.15) is 0 Å². The average Bonchev–Trinajstić information content (AvgIpc) is 3.04. The predicted molar refractivity (Wildman–Crippen MR) is 113 cm³/mol. The number of alkyl halides is 1. The van der Waals surface area contributed by atoms with Gasteiger partial charge in [-0.3, -0.25) is 19.2 Å². The van der Waals surface area contributed by atoms with Crippen LogP contribution in [0.3, 0.4) is 0 Å². The number of hydrogen-bond donors (Lipinski definition) is 0. The second-order valence-electron chi connectivity index (χ2n) is 9.90. The summed E-state index contributed by atoms with van der Waals surface area (Å²) in [6.45, 7) is 5.84. The van der Waals surface area contributed by atoms with Gasteiger partial charge in [0.25, 0.3) is 0 Å². The van der Waals surface area contributed by atoms with Gasteiger partial charge in [-0.1, -0.05) is 24.6 Å². The summed E-state index contributed by atoms with van der Waals surface area (Å²) < 4.78 is 28.0. The van der Waals surface area contributed by atoms with Gasteiger partial charge < -0.3 is 9.47 Å². The lowest BCUT2D eigenvalue weighted by Gasteiger charge is -2.62. The lowest BCUT2D eigenvalue weighted by Crippen LogP contribution is -2.67. The molecule has 0 bridgehead atoms. The van der Waals surface area contributed by atoms with Crippen molar-refractivity contribution in [1.29, 1.82) is 0 Å². The lowest BCUT2D eigenvalue weighted by molar-refractivity contribution is -0.206. The molecule has 0 aromatic heterocycles. The Hall–Kier alpha value is -2.57. The van der Waals surface area contributed by atoms with E-state index in [1.807, 2.05) is 13.0 Å². The molecule has 6 nitrogen and oxygen atoms in total. The van der Waals surface area contributed by atoms with Crippen LogP contribution in [0.2, 0.25) is 0 Å². The summed E-state index contributed by atoms with van der Waals surface area (Å²) in [5, 5.41) is 0. The summed E-state index contributed by atoms with van der Waals surface area (Å²) in [5.74, 6) is -2.23. The van der Waals surface area contributed by atoms with Gasteiger partial charge in [0.2, 0.25) is 0 Å². The second-order valence-corrected chi connectivity index (χ2v) is 9.90. The van der Waals surface area contributed by atoms with Gasteiger partial charge in [-0.15, -0.1) is 0 Å². The van der Waals surface area contributed by atoms with Crippen molar-refractivity contribution < 1.29 is 33.0 Å². The number of ketones is 2. The van der Waals surface area contributed by atoms with E-state index in [0.717, 1.165) is 5.57 Å². The number of allylic oxidation sites excluding steroid dienone is 5. The number of carbonyl (C=O) groups excluding carboxylic acids is 4. The van der Waals surface area contributed by atoms with E-state index in [2.05, 4.69) is 0 Å². The number of ether oxygens (including phenoxy) is 2. The molecule has 4 aliphatic rings. The Bertz CT molecular complexity index is 992. The highest BCUT2D eigenvalue weighted by Gasteiger charge is 2.71. The van der Waals surface area contributed by atoms with Gasteiger partial charge in [0.1, 0.15) is 6.10 Å². The fourth-order valence-electron chi connectivity index (χ4n) is 6.75. The van der Waals surface area contributed by atoms with E-state index in [9.17, 15) is 19.2 Å². The first kappa shape index (κ1) is 22.6. The Morgan fingerprint density at radius 2 is 1.88 bits per heavy atom. The number of halogens is 1. The number of fused-ring (bicyclic) bond motifs is 5. The van der Waals surface area contributed by atoms with Crippen LogP contribution in [0.4, 0.5) is 4.39 Å². The van der Waals surface area contributed by atoms with E-state index in [-0.39, 0.29) is 30.5 Å². The molecule has 0 heterocycles. The highest BCUT2D eigenvalue weighted by atomic mass is 19.1. The molecule has 0 amide bonds. The first-order valence-electron chi connectivity index (χ1n) is 11.1. The normalized spacial score (nSPS) is 39.8. The minimum atomic E-state index is -1.91. The van der Waals surface area contributed by atoms with Gasteiger partial charge in [-0.05, 0) is 50.7 Å². The minimum absolute atomic E-state index is 0.145. The molecule has 4 rings (SSSR count). The third-order valence-corrected chi connectivity index (χ3v) is 8.21. The highest BCUT2D eigenvalue weighted by Crippen LogP contribution is 2.68. The molecule has 0 N–H and O–H groups in total. The number of hydrogen-bond acceptors (Lipinski definition) is 6. The maximum Gasteiger partial charge on any atom is 0.303 e. The predicted octanol–water partition coefficient (Wildman–Crippen LogP) is 3.60. The molecular weight excluding hydrogens is 415 g/mol. The molecule has 4 aliphatic carbocycles. The Morgan fingerprint density at radius 3 is 2.53 bits per heavy atom. The standard InChI is InChI=1S/C25H29FO6/c1-14(27)31-13-21(30)20-8-7-18-19-6-5-16-11-17(29)9-10-24(16,4)25(19,26)22(32-15(2)28)12-23(18,20)3/h8-11,18-19,22H,5-7,12-13H2,1-4H3/t18-,19+,22-,23-,24-,25-/m0/s1. The monoisotopic (exact) mass is 444 g/mol. The summed E-state index contributed by atoms with van der Waals surface area (Å²) in [7, 11) is 0. The minimum Gasteiger partial charge on any atom is -0.459 e. The molecule has 6 atom stereocenters. The van der Waals surface area contributed by atoms with E-state index in [4.69, 9.17) is 9.47 Å². The number of carbonyl (C=O) groups is 4. The Morgan fingerprint density at radius 1 is 1.16 bits per heavy atom. The van der Waals surface area contributed by atoms with Crippen molar-refractivity contribution in [2.45, 2.75) is 65.2 Å². The first-order valence-corrected chi connectivity index (χ1v) is 11.1. The third kappa shape index (κ3) is 3.11. The Kier molecular flexibility index (Phi) is 5.30. The molecule has 0 radical (unpaired) electrons. The van der Waals surface area contributed by atoms with Crippen LogP contribution >= 0.6 is 0 Å². The van der Waals surface area contributed by atoms with Gasteiger partial charge in [-0.25, -0.2) is 4.39 Å². The van der Waals surface area contributed by atoms with Crippen LogP contribution in [0.5, 0.6) is 0 Å². The van der Waals surface area contributed by atoms with Crippen LogP contribution in [0, 0.1) is 22.7 Å². The van der Waals surface area contributed by atoms with Crippen LogP contribution in [-0.2, 0) is 28.7 Å². The van der Waals surface area contributed by atoms with Crippen molar-refractivity contribution in [2.24, 2.45) is 22.7 Å². The van der Waals surface area contributed by atoms with Gasteiger partial charge in [0, 0.05) is 36.2 Å². The second kappa shape index (κ2) is 7.49. The van der Waals surface area contributed by atoms with Crippen LogP contribution < -0.4 is 0 Å². The van der Waals surface area contributed by atoms with Crippen LogP contribution in [0.25, 0.3) is 0 Å². The Balaban J connectivity index is 1.76. The quantitative estimate of drug-likeness (QED) is 0.616. The van der Waals surface area contributed by atoms with Gasteiger partial charge >= 0.3 is 11.9 Å².